The second-order valence-corrected chi connectivity index (χ2v) is 7.12. The SMILES string of the molecule is COC1CCCN(S(=O)(=O)c2ccc(CO)c(Cl)c2)C1. The van der Waals surface area contributed by atoms with Crippen molar-refractivity contribution in [3.8, 4) is 0 Å². The summed E-state index contributed by atoms with van der Waals surface area (Å²) in [5.41, 5.74) is 0.513. The average molecular weight is 320 g/mol. The van der Waals surface area contributed by atoms with E-state index in [4.69, 9.17) is 21.4 Å². The standard InChI is InChI=1S/C13H18ClNO4S/c1-19-11-3-2-6-15(8-11)20(17,18)12-5-4-10(9-16)13(14)7-12/h4-5,7,11,16H,2-3,6,8-9H2,1H3. The van der Waals surface area contributed by atoms with Crippen LogP contribution >= 0.6 is 11.6 Å². The van der Waals surface area contributed by atoms with Crippen LogP contribution in [0.1, 0.15) is 18.4 Å². The Morgan fingerprint density at radius 1 is 1.50 bits per heavy atom. The first-order valence-corrected chi connectivity index (χ1v) is 8.23. The Labute approximate surface area is 124 Å². The lowest BCUT2D eigenvalue weighted by Gasteiger charge is -2.31. The van der Waals surface area contributed by atoms with E-state index >= 15 is 0 Å². The number of aliphatic hydroxyl groups excluding tert-OH is 1. The number of ether oxygens (including phenoxy) is 1. The first kappa shape index (κ1) is 15.7. The van der Waals surface area contributed by atoms with Gasteiger partial charge in [0.25, 0.3) is 0 Å². The van der Waals surface area contributed by atoms with Crippen molar-refractivity contribution in [2.75, 3.05) is 20.2 Å². The minimum atomic E-state index is -3.57. The van der Waals surface area contributed by atoms with Crippen molar-refractivity contribution >= 4 is 21.6 Å². The number of halogens is 1. The number of hydrogen-bond acceptors (Lipinski definition) is 4. The Hall–Kier alpha value is -0.660. The Morgan fingerprint density at radius 3 is 2.85 bits per heavy atom. The fraction of sp³-hybridized carbons (Fsp3) is 0.538. The van der Waals surface area contributed by atoms with Gasteiger partial charge in [0, 0.05) is 25.2 Å². The molecule has 1 N–H and O–H groups in total. The van der Waals surface area contributed by atoms with Crippen LogP contribution in [0.4, 0.5) is 0 Å². The topological polar surface area (TPSA) is 66.8 Å². The number of hydrogen-bond donors (Lipinski definition) is 1. The molecule has 112 valence electrons. The molecule has 0 spiro atoms. The lowest BCUT2D eigenvalue weighted by molar-refractivity contribution is 0.0572. The van der Waals surface area contributed by atoms with Gasteiger partial charge in [-0.3, -0.25) is 0 Å². The Kier molecular flexibility index (Phi) is 5.04. The second kappa shape index (κ2) is 6.41. The van der Waals surface area contributed by atoms with E-state index in [-0.39, 0.29) is 22.6 Å². The largest absolute Gasteiger partial charge is 0.392 e. The molecule has 1 aliphatic heterocycles. The number of nitrogens with zero attached hydrogens (tertiary/aromatic N) is 1. The Bertz CT molecular complexity index is 576. The van der Waals surface area contributed by atoms with Crippen LogP contribution in [0.5, 0.6) is 0 Å². The molecule has 1 atom stereocenters. The minimum absolute atomic E-state index is 0.0642. The Morgan fingerprint density at radius 2 is 2.25 bits per heavy atom. The number of methoxy groups -OCH3 is 1. The molecule has 0 aromatic heterocycles. The highest BCUT2D eigenvalue weighted by Crippen LogP contribution is 2.25. The summed E-state index contributed by atoms with van der Waals surface area (Å²) in [6.45, 7) is 0.633. The molecule has 0 amide bonds. The number of benzene rings is 1. The lowest BCUT2D eigenvalue weighted by atomic mass is 10.1. The molecule has 1 aromatic carbocycles. The molecule has 5 nitrogen and oxygen atoms in total. The molecule has 1 aromatic rings. The molecular formula is C13H18ClNO4S. The normalized spacial score (nSPS) is 21.1. The number of rotatable bonds is 4. The van der Waals surface area contributed by atoms with E-state index in [1.54, 1.807) is 7.11 Å². The molecule has 20 heavy (non-hydrogen) atoms. The molecule has 7 heteroatoms. The van der Waals surface area contributed by atoms with Crippen molar-refractivity contribution in [3.05, 3.63) is 28.8 Å². The van der Waals surface area contributed by atoms with Gasteiger partial charge in [-0.05, 0) is 30.5 Å². The van der Waals surface area contributed by atoms with Crippen LogP contribution in [0.25, 0.3) is 0 Å². The summed E-state index contributed by atoms with van der Waals surface area (Å²) in [5.74, 6) is 0. The average Bonchev–Trinajstić information content (AvgIpc) is 2.47. The van der Waals surface area contributed by atoms with Gasteiger partial charge in [0.2, 0.25) is 10.0 Å². The van der Waals surface area contributed by atoms with E-state index in [0.717, 1.165) is 12.8 Å². The molecule has 0 radical (unpaired) electrons. The zero-order valence-electron chi connectivity index (χ0n) is 11.3. The summed E-state index contributed by atoms with van der Waals surface area (Å²) in [6.07, 6.45) is 1.58. The molecule has 2 rings (SSSR count). The summed E-state index contributed by atoms with van der Waals surface area (Å²) < 4.78 is 31.8. The lowest BCUT2D eigenvalue weighted by Crippen LogP contribution is -2.42. The van der Waals surface area contributed by atoms with Gasteiger partial charge in [-0.2, -0.15) is 4.31 Å². The predicted octanol–water partition coefficient (Wildman–Crippen LogP) is 1.63. The van der Waals surface area contributed by atoms with Crippen molar-refractivity contribution in [2.24, 2.45) is 0 Å². The van der Waals surface area contributed by atoms with E-state index in [0.29, 0.717) is 18.7 Å². The molecule has 1 aliphatic rings. The van der Waals surface area contributed by atoms with Gasteiger partial charge in [-0.25, -0.2) is 8.42 Å². The number of aliphatic hydroxyl groups is 1. The minimum Gasteiger partial charge on any atom is -0.392 e. The van der Waals surface area contributed by atoms with Crippen LogP contribution in [0, 0.1) is 0 Å². The van der Waals surface area contributed by atoms with Crippen molar-refractivity contribution in [3.63, 3.8) is 0 Å². The number of sulfonamides is 1. The molecule has 1 saturated heterocycles. The van der Waals surface area contributed by atoms with E-state index in [2.05, 4.69) is 0 Å². The van der Waals surface area contributed by atoms with Crippen LogP contribution in [-0.2, 0) is 21.4 Å². The highest BCUT2D eigenvalue weighted by molar-refractivity contribution is 7.89. The van der Waals surface area contributed by atoms with Gasteiger partial charge in [0.15, 0.2) is 0 Å². The van der Waals surface area contributed by atoms with Crippen molar-refractivity contribution < 1.29 is 18.3 Å². The van der Waals surface area contributed by atoms with E-state index < -0.39 is 10.0 Å². The molecule has 1 heterocycles. The highest BCUT2D eigenvalue weighted by atomic mass is 35.5. The molecule has 0 bridgehead atoms. The van der Waals surface area contributed by atoms with Crippen LogP contribution in [0.2, 0.25) is 5.02 Å². The third-order valence-electron chi connectivity index (χ3n) is 3.51. The fourth-order valence-electron chi connectivity index (χ4n) is 2.28. The van der Waals surface area contributed by atoms with Gasteiger partial charge < -0.3 is 9.84 Å². The van der Waals surface area contributed by atoms with Crippen molar-refractivity contribution in [1.82, 2.24) is 4.31 Å². The zero-order chi connectivity index (χ0) is 14.8. The van der Waals surface area contributed by atoms with E-state index in [1.165, 1.54) is 22.5 Å². The summed E-state index contributed by atoms with van der Waals surface area (Å²) in [4.78, 5) is 0.149. The van der Waals surface area contributed by atoms with Crippen LogP contribution < -0.4 is 0 Å². The summed E-state index contributed by atoms with van der Waals surface area (Å²) in [5, 5.41) is 9.32. The smallest absolute Gasteiger partial charge is 0.243 e. The van der Waals surface area contributed by atoms with Crippen LogP contribution in [0.15, 0.2) is 23.1 Å². The predicted molar refractivity (Wildman–Crippen MR) is 76.2 cm³/mol. The van der Waals surface area contributed by atoms with E-state index in [9.17, 15) is 8.42 Å². The summed E-state index contributed by atoms with van der Waals surface area (Å²) in [6, 6.07) is 4.40. The molecule has 1 unspecified atom stereocenters. The third kappa shape index (κ3) is 3.15. The van der Waals surface area contributed by atoms with Gasteiger partial charge in [0.05, 0.1) is 17.6 Å². The molecule has 0 saturated carbocycles. The van der Waals surface area contributed by atoms with Gasteiger partial charge in [-0.15, -0.1) is 0 Å². The molecule has 1 fully saturated rings. The van der Waals surface area contributed by atoms with Crippen LogP contribution in [-0.4, -0.2) is 44.1 Å². The zero-order valence-corrected chi connectivity index (χ0v) is 12.8. The molecule has 0 aliphatic carbocycles. The van der Waals surface area contributed by atoms with Crippen LogP contribution in [0.3, 0.4) is 0 Å². The Balaban J connectivity index is 2.28. The fourth-order valence-corrected chi connectivity index (χ4v) is 4.12. The van der Waals surface area contributed by atoms with E-state index in [1.807, 2.05) is 0 Å². The third-order valence-corrected chi connectivity index (χ3v) is 5.72. The first-order valence-electron chi connectivity index (χ1n) is 6.41. The highest BCUT2D eigenvalue weighted by Gasteiger charge is 2.30. The first-order chi connectivity index (χ1) is 9.48. The van der Waals surface area contributed by atoms with Gasteiger partial charge in [-0.1, -0.05) is 17.7 Å². The second-order valence-electron chi connectivity index (χ2n) is 4.77. The maximum Gasteiger partial charge on any atom is 0.243 e. The maximum atomic E-state index is 12.5. The maximum absolute atomic E-state index is 12.5. The monoisotopic (exact) mass is 319 g/mol. The number of piperidine rings is 1. The van der Waals surface area contributed by atoms with Gasteiger partial charge in [0.1, 0.15) is 0 Å². The van der Waals surface area contributed by atoms with Gasteiger partial charge >= 0.3 is 0 Å². The summed E-state index contributed by atoms with van der Waals surface area (Å²) in [7, 11) is -1.97. The van der Waals surface area contributed by atoms with Crippen molar-refractivity contribution in [1.29, 1.82) is 0 Å². The molecular weight excluding hydrogens is 302 g/mol. The van der Waals surface area contributed by atoms with Crippen molar-refractivity contribution in [2.45, 2.75) is 30.4 Å². The summed E-state index contributed by atoms with van der Waals surface area (Å²) >= 11 is 5.96. The quantitative estimate of drug-likeness (QED) is 0.916.